The largest absolute Gasteiger partial charge is 0.303 e. The molecule has 1 atom stereocenters. The standard InChI is InChI=1S/C36H41NS/c1-25-7-15-29(16-8-25)35(3,4)31-19-11-27(12-20-31)34(33-23-38-24-37-33)28-13-21-32(22-14-28)36(5,6)30-17-9-26(2)10-18-30/h7-22,33-34,37H,23-24H2,1-6H3/t33-/m1/s1. The first-order valence-corrected chi connectivity index (χ1v) is 15.0. The molecule has 1 aliphatic heterocycles. The molecule has 2 heteroatoms. The average molecular weight is 520 g/mol. The van der Waals surface area contributed by atoms with Crippen LogP contribution in [-0.4, -0.2) is 17.7 Å². The van der Waals surface area contributed by atoms with Crippen LogP contribution >= 0.6 is 11.8 Å². The predicted octanol–water partition coefficient (Wildman–Crippen LogP) is 8.75. The van der Waals surface area contributed by atoms with E-state index in [0.717, 1.165) is 11.6 Å². The number of aryl methyl sites for hydroxylation is 2. The summed E-state index contributed by atoms with van der Waals surface area (Å²) in [6.45, 7) is 13.6. The first-order valence-electron chi connectivity index (χ1n) is 13.8. The predicted molar refractivity (Wildman–Crippen MR) is 166 cm³/mol. The molecule has 0 spiro atoms. The lowest BCUT2D eigenvalue weighted by Gasteiger charge is -2.29. The molecule has 0 unspecified atom stereocenters. The van der Waals surface area contributed by atoms with E-state index < -0.39 is 0 Å². The average Bonchev–Trinajstić information content (AvgIpc) is 3.44. The highest BCUT2D eigenvalue weighted by Gasteiger charge is 2.30. The monoisotopic (exact) mass is 519 g/mol. The number of rotatable bonds is 7. The van der Waals surface area contributed by atoms with E-state index in [1.165, 1.54) is 44.5 Å². The molecule has 0 aromatic heterocycles. The zero-order valence-electron chi connectivity index (χ0n) is 23.7. The van der Waals surface area contributed by atoms with Gasteiger partial charge in [0.05, 0.1) is 0 Å². The minimum absolute atomic E-state index is 0.0353. The summed E-state index contributed by atoms with van der Waals surface area (Å²) < 4.78 is 0. The molecule has 4 aromatic rings. The molecule has 1 nitrogen and oxygen atoms in total. The van der Waals surface area contributed by atoms with Crippen LogP contribution in [0.1, 0.15) is 78.1 Å². The van der Waals surface area contributed by atoms with Gasteiger partial charge in [0.1, 0.15) is 0 Å². The summed E-state index contributed by atoms with van der Waals surface area (Å²) in [5.41, 5.74) is 10.7. The van der Waals surface area contributed by atoms with Crippen molar-refractivity contribution in [2.45, 2.75) is 64.3 Å². The maximum atomic E-state index is 3.77. The normalized spacial score (nSPS) is 16.2. The fourth-order valence-corrected chi connectivity index (χ4v) is 6.78. The van der Waals surface area contributed by atoms with Crippen LogP contribution in [0.4, 0.5) is 0 Å². The Morgan fingerprint density at radius 3 is 1.24 bits per heavy atom. The van der Waals surface area contributed by atoms with Gasteiger partial charge in [-0.25, -0.2) is 0 Å². The molecule has 38 heavy (non-hydrogen) atoms. The fourth-order valence-electron chi connectivity index (χ4n) is 5.77. The Labute approximate surface area is 234 Å². The fraction of sp³-hybridized carbons (Fsp3) is 0.333. The Balaban J connectivity index is 1.44. The first kappa shape index (κ1) is 26.8. The Morgan fingerprint density at radius 1 is 0.579 bits per heavy atom. The van der Waals surface area contributed by atoms with Crippen LogP contribution in [0.5, 0.6) is 0 Å². The Kier molecular flexibility index (Phi) is 7.58. The van der Waals surface area contributed by atoms with Crippen molar-refractivity contribution in [3.8, 4) is 0 Å². The van der Waals surface area contributed by atoms with Gasteiger partial charge in [-0.2, -0.15) is 0 Å². The molecule has 1 aliphatic rings. The van der Waals surface area contributed by atoms with Gasteiger partial charge in [0.15, 0.2) is 0 Å². The van der Waals surface area contributed by atoms with Gasteiger partial charge < -0.3 is 5.32 Å². The summed E-state index contributed by atoms with van der Waals surface area (Å²) in [4.78, 5) is 0. The van der Waals surface area contributed by atoms with E-state index >= 15 is 0 Å². The Hall–Kier alpha value is -2.81. The molecule has 1 heterocycles. The van der Waals surface area contributed by atoms with Gasteiger partial charge in [0, 0.05) is 34.4 Å². The van der Waals surface area contributed by atoms with Crippen molar-refractivity contribution < 1.29 is 0 Å². The molecule has 0 saturated carbocycles. The second-order valence-electron chi connectivity index (χ2n) is 12.0. The van der Waals surface area contributed by atoms with Crippen LogP contribution in [0.2, 0.25) is 0 Å². The third-order valence-corrected chi connectivity index (χ3v) is 9.64. The van der Waals surface area contributed by atoms with Crippen molar-refractivity contribution in [2.75, 3.05) is 11.6 Å². The van der Waals surface area contributed by atoms with Gasteiger partial charge in [0.25, 0.3) is 0 Å². The van der Waals surface area contributed by atoms with Crippen molar-refractivity contribution in [1.29, 1.82) is 0 Å². The maximum Gasteiger partial charge on any atom is 0.0421 e. The van der Waals surface area contributed by atoms with Crippen LogP contribution < -0.4 is 5.32 Å². The van der Waals surface area contributed by atoms with Crippen molar-refractivity contribution in [3.05, 3.63) is 142 Å². The van der Waals surface area contributed by atoms with Crippen LogP contribution in [0.25, 0.3) is 0 Å². The van der Waals surface area contributed by atoms with Crippen LogP contribution in [0, 0.1) is 13.8 Å². The van der Waals surface area contributed by atoms with E-state index in [-0.39, 0.29) is 10.8 Å². The summed E-state index contributed by atoms with van der Waals surface area (Å²) in [6.07, 6.45) is 0. The lowest BCUT2D eigenvalue weighted by Crippen LogP contribution is -2.32. The summed E-state index contributed by atoms with van der Waals surface area (Å²) >= 11 is 2.00. The first-order chi connectivity index (χ1) is 18.2. The molecule has 0 bridgehead atoms. The minimum atomic E-state index is -0.0353. The summed E-state index contributed by atoms with van der Waals surface area (Å²) in [5.74, 6) is 2.49. The molecule has 1 saturated heterocycles. The van der Waals surface area contributed by atoms with Crippen molar-refractivity contribution in [2.24, 2.45) is 0 Å². The van der Waals surface area contributed by atoms with E-state index in [1.807, 2.05) is 11.8 Å². The molecule has 196 valence electrons. The zero-order chi connectivity index (χ0) is 26.9. The van der Waals surface area contributed by atoms with Gasteiger partial charge in [-0.15, -0.1) is 11.8 Å². The van der Waals surface area contributed by atoms with E-state index in [9.17, 15) is 0 Å². The van der Waals surface area contributed by atoms with Gasteiger partial charge in [-0.3, -0.25) is 0 Å². The molecule has 0 amide bonds. The second kappa shape index (κ2) is 10.8. The Morgan fingerprint density at radius 2 is 0.921 bits per heavy atom. The van der Waals surface area contributed by atoms with Crippen molar-refractivity contribution in [3.63, 3.8) is 0 Å². The van der Waals surface area contributed by atoms with Crippen LogP contribution in [0.15, 0.2) is 97.1 Å². The maximum absolute atomic E-state index is 3.77. The van der Waals surface area contributed by atoms with Gasteiger partial charge in [-0.05, 0) is 47.2 Å². The smallest absolute Gasteiger partial charge is 0.0421 e. The molecule has 0 aliphatic carbocycles. The summed E-state index contributed by atoms with van der Waals surface area (Å²) in [6, 6.07) is 37.2. The molecule has 5 rings (SSSR count). The number of nitrogens with one attached hydrogen (secondary N) is 1. The number of hydrogen-bond donors (Lipinski definition) is 1. The van der Waals surface area contributed by atoms with E-state index in [4.69, 9.17) is 0 Å². The lowest BCUT2D eigenvalue weighted by atomic mass is 9.76. The molecule has 1 fully saturated rings. The molecular weight excluding hydrogens is 478 g/mol. The highest BCUT2D eigenvalue weighted by atomic mass is 32.2. The number of benzene rings is 4. The molecule has 0 radical (unpaired) electrons. The highest BCUT2D eigenvalue weighted by Crippen LogP contribution is 2.38. The van der Waals surface area contributed by atoms with E-state index in [0.29, 0.717) is 12.0 Å². The van der Waals surface area contributed by atoms with Gasteiger partial charge in [0.2, 0.25) is 0 Å². The van der Waals surface area contributed by atoms with Crippen LogP contribution in [-0.2, 0) is 10.8 Å². The molecule has 4 aromatic carbocycles. The van der Waals surface area contributed by atoms with Crippen molar-refractivity contribution in [1.82, 2.24) is 5.32 Å². The number of thioether (sulfide) groups is 1. The quantitative estimate of drug-likeness (QED) is 0.262. The minimum Gasteiger partial charge on any atom is -0.303 e. The zero-order valence-corrected chi connectivity index (χ0v) is 24.5. The van der Waals surface area contributed by atoms with Gasteiger partial charge >= 0.3 is 0 Å². The molecule has 1 N–H and O–H groups in total. The summed E-state index contributed by atoms with van der Waals surface area (Å²) in [7, 11) is 0. The van der Waals surface area contributed by atoms with Crippen molar-refractivity contribution >= 4 is 11.8 Å². The second-order valence-corrected chi connectivity index (χ2v) is 13.1. The third-order valence-electron chi connectivity index (χ3n) is 8.68. The lowest BCUT2D eigenvalue weighted by molar-refractivity contribution is 0.563. The Bertz CT molecular complexity index is 1240. The van der Waals surface area contributed by atoms with Gasteiger partial charge in [-0.1, -0.05) is 136 Å². The SMILES string of the molecule is Cc1ccc(C(C)(C)c2ccc(C(c3ccc(C(C)(C)c4ccc(C)cc4)cc3)[C@H]3CSCN3)cc2)cc1. The van der Waals surface area contributed by atoms with E-state index in [2.05, 4.69) is 144 Å². The third kappa shape index (κ3) is 5.35. The highest BCUT2D eigenvalue weighted by molar-refractivity contribution is 7.99. The van der Waals surface area contributed by atoms with E-state index in [1.54, 1.807) is 0 Å². The van der Waals surface area contributed by atoms with Crippen LogP contribution in [0.3, 0.4) is 0 Å². The summed E-state index contributed by atoms with van der Waals surface area (Å²) in [5, 5.41) is 3.77. The topological polar surface area (TPSA) is 12.0 Å². The number of hydrogen-bond acceptors (Lipinski definition) is 2. The molecular formula is C36H41NS.